The second-order valence-electron chi connectivity index (χ2n) is 7.73. The van der Waals surface area contributed by atoms with E-state index >= 15 is 0 Å². The van der Waals surface area contributed by atoms with Crippen LogP contribution in [0.3, 0.4) is 0 Å². The molecular formula is C14H28I2N2. The molecular weight excluding hydrogens is 450 g/mol. The molecule has 4 unspecified atom stereocenters. The maximum Gasteiger partial charge on any atom is 0.0969 e. The van der Waals surface area contributed by atoms with E-state index in [-0.39, 0.29) is 48.0 Å². The lowest BCUT2D eigenvalue weighted by Crippen LogP contribution is -3.00. The number of hydrogen-bond acceptors (Lipinski definition) is 0. The third-order valence-corrected chi connectivity index (χ3v) is 5.96. The van der Waals surface area contributed by atoms with Gasteiger partial charge >= 0.3 is 0 Å². The normalized spacial score (nSPS) is 43.3. The van der Waals surface area contributed by atoms with Crippen molar-refractivity contribution in [3.63, 3.8) is 0 Å². The third kappa shape index (κ3) is 2.72. The van der Waals surface area contributed by atoms with Crippen molar-refractivity contribution in [1.82, 2.24) is 0 Å². The Balaban J connectivity index is 0.000000810. The van der Waals surface area contributed by atoms with Crippen molar-refractivity contribution >= 4 is 0 Å². The van der Waals surface area contributed by atoms with Crippen molar-refractivity contribution < 1.29 is 56.9 Å². The van der Waals surface area contributed by atoms with Crippen LogP contribution in [0.4, 0.5) is 0 Å². The summed E-state index contributed by atoms with van der Waals surface area (Å²) in [5.74, 6) is 1.98. The van der Waals surface area contributed by atoms with E-state index in [9.17, 15) is 0 Å². The van der Waals surface area contributed by atoms with Crippen molar-refractivity contribution in [1.29, 1.82) is 0 Å². The molecule has 1 aliphatic carbocycles. The lowest BCUT2D eigenvalue weighted by Gasteiger charge is -2.59. The fourth-order valence-corrected chi connectivity index (χ4v) is 5.37. The SMILES string of the molecule is C[N+]1(C)CC2CCC1C1CCC2[N+](C)(C)C1.[I-].[I-]. The summed E-state index contributed by atoms with van der Waals surface area (Å²) in [5, 5.41) is 0. The molecule has 0 aromatic carbocycles. The molecule has 108 valence electrons. The van der Waals surface area contributed by atoms with E-state index in [0.29, 0.717) is 0 Å². The van der Waals surface area contributed by atoms with E-state index in [4.69, 9.17) is 0 Å². The lowest BCUT2D eigenvalue weighted by atomic mass is 9.70. The summed E-state index contributed by atoms with van der Waals surface area (Å²) in [6.45, 7) is 2.88. The summed E-state index contributed by atoms with van der Waals surface area (Å²) in [7, 11) is 9.93. The Kier molecular flexibility index (Phi) is 5.46. The monoisotopic (exact) mass is 478 g/mol. The molecule has 0 spiro atoms. The van der Waals surface area contributed by atoms with Gasteiger partial charge in [0.05, 0.1) is 65.2 Å². The summed E-state index contributed by atoms with van der Waals surface area (Å²) in [4.78, 5) is 0. The van der Waals surface area contributed by atoms with Gasteiger partial charge in [-0.3, -0.25) is 0 Å². The van der Waals surface area contributed by atoms with Crippen molar-refractivity contribution in [2.45, 2.75) is 37.8 Å². The molecule has 4 bridgehead atoms. The largest absolute Gasteiger partial charge is 1.00 e. The molecule has 0 amide bonds. The molecule has 5 heterocycles. The van der Waals surface area contributed by atoms with Crippen LogP contribution in [-0.2, 0) is 0 Å². The van der Waals surface area contributed by atoms with Gasteiger partial charge in [-0.2, -0.15) is 0 Å². The van der Waals surface area contributed by atoms with E-state index in [1.54, 1.807) is 0 Å². The first-order chi connectivity index (χ1) is 7.40. The average molecular weight is 478 g/mol. The number of hydrogen-bond donors (Lipinski definition) is 0. The first-order valence-corrected chi connectivity index (χ1v) is 7.05. The molecule has 0 N–H and O–H groups in total. The Morgan fingerprint density at radius 2 is 0.944 bits per heavy atom. The minimum atomic E-state index is 0. The molecule has 1 saturated carbocycles. The van der Waals surface area contributed by atoms with E-state index in [2.05, 4.69) is 28.2 Å². The van der Waals surface area contributed by atoms with Crippen LogP contribution in [0.5, 0.6) is 0 Å². The Bertz CT molecular complexity index is 274. The maximum absolute atomic E-state index is 2.48. The van der Waals surface area contributed by atoms with Gasteiger partial charge < -0.3 is 56.9 Å². The second-order valence-corrected chi connectivity index (χ2v) is 7.73. The molecule has 6 rings (SSSR count). The minimum Gasteiger partial charge on any atom is -1.00 e. The average Bonchev–Trinajstić information content (AvgIpc) is 2.10. The summed E-state index contributed by atoms with van der Waals surface area (Å²) in [5.41, 5.74) is 0. The predicted octanol–water partition coefficient (Wildman–Crippen LogP) is -4.28. The van der Waals surface area contributed by atoms with Crippen LogP contribution in [0.25, 0.3) is 0 Å². The molecule has 5 saturated heterocycles. The van der Waals surface area contributed by atoms with Gasteiger partial charge in [-0.05, 0) is 12.8 Å². The molecule has 18 heavy (non-hydrogen) atoms. The van der Waals surface area contributed by atoms with Gasteiger partial charge in [-0.25, -0.2) is 0 Å². The molecule has 2 nitrogen and oxygen atoms in total. The predicted molar refractivity (Wildman–Crippen MR) is 67.0 cm³/mol. The highest BCUT2D eigenvalue weighted by Gasteiger charge is 2.55. The number of halogens is 2. The van der Waals surface area contributed by atoms with Gasteiger partial charge in [0, 0.05) is 12.8 Å². The summed E-state index contributed by atoms with van der Waals surface area (Å²) in [6, 6.07) is 1.91. The van der Waals surface area contributed by atoms with Gasteiger partial charge in [0.1, 0.15) is 0 Å². The van der Waals surface area contributed by atoms with Crippen LogP contribution in [-0.4, -0.2) is 62.3 Å². The molecule has 6 aliphatic rings. The highest BCUT2D eigenvalue weighted by Crippen LogP contribution is 2.45. The van der Waals surface area contributed by atoms with Crippen molar-refractivity contribution in [3.05, 3.63) is 0 Å². The second kappa shape index (κ2) is 5.64. The Morgan fingerprint density at radius 3 is 1.22 bits per heavy atom. The third-order valence-electron chi connectivity index (χ3n) is 5.96. The quantitative estimate of drug-likeness (QED) is 0.245. The Hall–Kier alpha value is 1.38. The van der Waals surface area contributed by atoms with Gasteiger partial charge in [0.15, 0.2) is 0 Å². The van der Waals surface area contributed by atoms with Crippen LogP contribution >= 0.6 is 0 Å². The van der Waals surface area contributed by atoms with Crippen molar-refractivity contribution in [2.24, 2.45) is 11.8 Å². The van der Waals surface area contributed by atoms with Crippen LogP contribution in [0.2, 0.25) is 0 Å². The first-order valence-electron chi connectivity index (χ1n) is 7.05. The van der Waals surface area contributed by atoms with Crippen LogP contribution in [0, 0.1) is 11.8 Å². The molecule has 4 heteroatoms. The van der Waals surface area contributed by atoms with Gasteiger partial charge in [0.2, 0.25) is 0 Å². The summed E-state index contributed by atoms with van der Waals surface area (Å²) >= 11 is 0. The molecule has 4 atom stereocenters. The van der Waals surface area contributed by atoms with E-state index in [1.165, 1.54) is 47.7 Å². The van der Waals surface area contributed by atoms with Gasteiger partial charge in [-0.1, -0.05) is 0 Å². The fourth-order valence-electron chi connectivity index (χ4n) is 5.37. The number of piperidine rings is 2. The Morgan fingerprint density at radius 1 is 0.611 bits per heavy atom. The van der Waals surface area contributed by atoms with E-state index in [1.807, 2.05) is 0 Å². The Labute approximate surface area is 147 Å². The van der Waals surface area contributed by atoms with Crippen LogP contribution < -0.4 is 48.0 Å². The first kappa shape index (κ1) is 17.4. The topological polar surface area (TPSA) is 0 Å². The molecule has 0 radical (unpaired) electrons. The zero-order chi connectivity index (χ0) is 11.6. The fraction of sp³-hybridized carbons (Fsp3) is 1.00. The lowest BCUT2D eigenvalue weighted by molar-refractivity contribution is -0.977. The molecule has 6 fully saturated rings. The maximum atomic E-state index is 2.48. The molecule has 5 aliphatic heterocycles. The summed E-state index contributed by atoms with van der Waals surface area (Å²) in [6.07, 6.45) is 6.02. The van der Waals surface area contributed by atoms with Crippen molar-refractivity contribution in [2.75, 3.05) is 41.3 Å². The number of rotatable bonds is 0. The molecule has 0 aromatic rings. The van der Waals surface area contributed by atoms with E-state index < -0.39 is 0 Å². The number of nitrogens with zero attached hydrogens (tertiary/aromatic N) is 2. The molecule has 0 aromatic heterocycles. The summed E-state index contributed by atoms with van der Waals surface area (Å²) < 4.78 is 2.62. The van der Waals surface area contributed by atoms with E-state index in [0.717, 1.165) is 23.9 Å². The highest BCUT2D eigenvalue weighted by atomic mass is 127. The van der Waals surface area contributed by atoms with Gasteiger partial charge in [-0.15, -0.1) is 0 Å². The van der Waals surface area contributed by atoms with Crippen LogP contribution in [0.1, 0.15) is 25.7 Å². The standard InChI is InChI=1S/C14H28N2.2HI/c1-15(2)9-11-5-7-13(15)12-6-8-14(11)16(3,4)10-12;;/h11-14H,5-10H2,1-4H3;2*1H/q+2;;/p-2. The zero-order valence-corrected chi connectivity index (χ0v) is 16.5. The minimum absolute atomic E-state index is 0. The van der Waals surface area contributed by atoms with Gasteiger partial charge in [0.25, 0.3) is 0 Å². The van der Waals surface area contributed by atoms with Crippen LogP contribution in [0.15, 0.2) is 0 Å². The zero-order valence-electron chi connectivity index (χ0n) is 12.2. The number of quaternary nitrogens is 2. The van der Waals surface area contributed by atoms with Crippen molar-refractivity contribution in [3.8, 4) is 0 Å². The highest BCUT2D eigenvalue weighted by molar-refractivity contribution is 4.89. The smallest absolute Gasteiger partial charge is 0.0969 e.